The summed E-state index contributed by atoms with van der Waals surface area (Å²) in [6.45, 7) is 4.20. The van der Waals surface area contributed by atoms with Crippen LogP contribution in [0, 0.1) is 12.3 Å². The third-order valence-electron chi connectivity index (χ3n) is 6.47. The molecule has 2 fully saturated rings. The van der Waals surface area contributed by atoms with Gasteiger partial charge in [-0.2, -0.15) is 0 Å². The first-order chi connectivity index (χ1) is 13.5. The molecule has 0 aliphatic carbocycles. The summed E-state index contributed by atoms with van der Waals surface area (Å²) in [6, 6.07) is 12.0. The van der Waals surface area contributed by atoms with Crippen molar-refractivity contribution in [3.63, 3.8) is 0 Å². The van der Waals surface area contributed by atoms with Gasteiger partial charge in [-0.3, -0.25) is 14.6 Å². The van der Waals surface area contributed by atoms with Crippen molar-refractivity contribution >= 4 is 11.8 Å². The zero-order valence-corrected chi connectivity index (χ0v) is 16.6. The van der Waals surface area contributed by atoms with Gasteiger partial charge in [0.25, 0.3) is 5.91 Å². The summed E-state index contributed by atoms with van der Waals surface area (Å²) in [7, 11) is 1.91. The van der Waals surface area contributed by atoms with Gasteiger partial charge < -0.3 is 9.80 Å². The fraction of sp³-hybridized carbons (Fsp3) is 0.435. The molecule has 2 amide bonds. The van der Waals surface area contributed by atoms with Gasteiger partial charge in [0.2, 0.25) is 5.91 Å². The average Bonchev–Trinajstić information content (AvgIpc) is 2.72. The van der Waals surface area contributed by atoms with Crippen molar-refractivity contribution in [2.45, 2.75) is 32.1 Å². The molecule has 0 saturated carbocycles. The second-order valence-electron chi connectivity index (χ2n) is 8.34. The Bertz CT molecular complexity index is 872. The predicted molar refractivity (Wildman–Crippen MR) is 108 cm³/mol. The van der Waals surface area contributed by atoms with E-state index in [2.05, 4.69) is 17.1 Å². The van der Waals surface area contributed by atoms with E-state index in [1.807, 2.05) is 48.0 Å². The number of aromatic nitrogens is 1. The molecule has 28 heavy (non-hydrogen) atoms. The van der Waals surface area contributed by atoms with E-state index < -0.39 is 0 Å². The molecule has 5 heteroatoms. The fourth-order valence-electron chi connectivity index (χ4n) is 4.78. The van der Waals surface area contributed by atoms with E-state index in [9.17, 15) is 9.59 Å². The first kappa shape index (κ1) is 18.7. The monoisotopic (exact) mass is 377 g/mol. The van der Waals surface area contributed by atoms with Gasteiger partial charge in [-0.15, -0.1) is 0 Å². The summed E-state index contributed by atoms with van der Waals surface area (Å²) in [6.07, 6.45) is 6.11. The van der Waals surface area contributed by atoms with Crippen molar-refractivity contribution in [2.24, 2.45) is 5.41 Å². The number of hydrogen-bond donors (Lipinski definition) is 0. The van der Waals surface area contributed by atoms with E-state index in [0.717, 1.165) is 50.0 Å². The number of likely N-dealkylation sites (N-methyl/N-ethyl adjacent to an activating group) is 1. The molecule has 1 aromatic heterocycles. The summed E-state index contributed by atoms with van der Waals surface area (Å²) >= 11 is 0. The molecule has 1 atom stereocenters. The Morgan fingerprint density at radius 2 is 1.86 bits per heavy atom. The molecule has 2 aliphatic rings. The van der Waals surface area contributed by atoms with E-state index in [1.165, 1.54) is 0 Å². The molecule has 0 radical (unpaired) electrons. The van der Waals surface area contributed by atoms with Crippen molar-refractivity contribution < 1.29 is 9.59 Å². The van der Waals surface area contributed by atoms with Crippen LogP contribution in [0.2, 0.25) is 0 Å². The third-order valence-corrected chi connectivity index (χ3v) is 6.47. The first-order valence-electron chi connectivity index (χ1n) is 9.99. The normalized spacial score (nSPS) is 21.8. The van der Waals surface area contributed by atoms with Gasteiger partial charge in [0.1, 0.15) is 0 Å². The lowest BCUT2D eigenvalue weighted by atomic mass is 9.67. The minimum Gasteiger partial charge on any atom is -0.345 e. The molecular formula is C23H27N3O2. The van der Waals surface area contributed by atoms with Crippen molar-refractivity contribution in [3.8, 4) is 0 Å². The third kappa shape index (κ3) is 3.41. The zero-order valence-electron chi connectivity index (χ0n) is 16.6. The minimum atomic E-state index is -0.0808. The van der Waals surface area contributed by atoms with E-state index in [1.54, 1.807) is 12.4 Å². The topological polar surface area (TPSA) is 53.5 Å². The molecule has 4 rings (SSSR count). The predicted octanol–water partition coefficient (Wildman–Crippen LogP) is 3.26. The Kier molecular flexibility index (Phi) is 4.92. The number of amides is 2. The van der Waals surface area contributed by atoms with Gasteiger partial charge in [-0.1, -0.05) is 30.3 Å². The summed E-state index contributed by atoms with van der Waals surface area (Å²) in [4.78, 5) is 33.7. The molecule has 5 nitrogen and oxygen atoms in total. The number of carbonyl (C=O) groups is 2. The Morgan fingerprint density at radius 1 is 1.14 bits per heavy atom. The lowest BCUT2D eigenvalue weighted by molar-refractivity contribution is -0.139. The lowest BCUT2D eigenvalue weighted by Gasteiger charge is -2.49. The minimum absolute atomic E-state index is 0.0697. The highest BCUT2D eigenvalue weighted by molar-refractivity contribution is 5.95. The lowest BCUT2D eigenvalue weighted by Crippen LogP contribution is -2.53. The maximum atomic E-state index is 12.9. The van der Waals surface area contributed by atoms with Crippen LogP contribution in [0.4, 0.5) is 0 Å². The molecule has 2 saturated heterocycles. The highest BCUT2D eigenvalue weighted by Crippen LogP contribution is 2.45. The number of carbonyl (C=O) groups excluding carboxylic acids is 2. The summed E-state index contributed by atoms with van der Waals surface area (Å²) in [5.41, 5.74) is 2.84. The van der Waals surface area contributed by atoms with Crippen LogP contribution in [-0.4, -0.2) is 53.3 Å². The standard InChI is InChI=1S/C23H27N3O2/c1-17-8-11-24-15-20(17)22(28)26-12-9-23(10-13-26)14-19(21(27)25(2)16-23)18-6-4-3-5-7-18/h3-8,11,15,19H,9-10,12-14,16H2,1-2H3. The number of hydrogen-bond acceptors (Lipinski definition) is 3. The van der Waals surface area contributed by atoms with Crippen LogP contribution in [0.5, 0.6) is 0 Å². The Balaban J connectivity index is 1.49. The van der Waals surface area contributed by atoms with Crippen molar-refractivity contribution in [1.29, 1.82) is 0 Å². The molecule has 0 bridgehead atoms. The van der Waals surface area contributed by atoms with Crippen LogP contribution in [-0.2, 0) is 4.79 Å². The van der Waals surface area contributed by atoms with E-state index in [-0.39, 0.29) is 23.1 Å². The Hall–Kier alpha value is -2.69. The Labute approximate surface area is 166 Å². The molecule has 146 valence electrons. The van der Waals surface area contributed by atoms with Crippen molar-refractivity contribution in [2.75, 3.05) is 26.7 Å². The van der Waals surface area contributed by atoms with Crippen LogP contribution in [0.1, 0.15) is 46.7 Å². The molecule has 2 aliphatic heterocycles. The van der Waals surface area contributed by atoms with Gasteiger partial charge in [0, 0.05) is 39.1 Å². The van der Waals surface area contributed by atoms with Gasteiger partial charge in [0.05, 0.1) is 11.5 Å². The summed E-state index contributed by atoms with van der Waals surface area (Å²) in [5, 5.41) is 0. The van der Waals surface area contributed by atoms with E-state index >= 15 is 0 Å². The number of pyridine rings is 1. The smallest absolute Gasteiger partial charge is 0.255 e. The fourth-order valence-corrected chi connectivity index (χ4v) is 4.78. The molecule has 3 heterocycles. The SMILES string of the molecule is Cc1ccncc1C(=O)N1CCC2(CC1)CC(c1ccccc1)C(=O)N(C)C2. The average molecular weight is 377 g/mol. The van der Waals surface area contributed by atoms with Crippen LogP contribution >= 0.6 is 0 Å². The highest BCUT2D eigenvalue weighted by atomic mass is 16.2. The number of piperidine rings is 2. The van der Waals surface area contributed by atoms with Crippen LogP contribution in [0.3, 0.4) is 0 Å². The van der Waals surface area contributed by atoms with Gasteiger partial charge in [-0.25, -0.2) is 0 Å². The molecule has 1 aromatic carbocycles. The number of rotatable bonds is 2. The first-order valence-corrected chi connectivity index (χ1v) is 9.99. The van der Waals surface area contributed by atoms with Crippen LogP contribution in [0.15, 0.2) is 48.8 Å². The zero-order chi connectivity index (χ0) is 19.7. The number of likely N-dealkylation sites (tertiary alicyclic amines) is 2. The quantitative estimate of drug-likeness (QED) is 0.807. The second kappa shape index (κ2) is 7.38. The van der Waals surface area contributed by atoms with Crippen molar-refractivity contribution in [3.05, 3.63) is 65.5 Å². The van der Waals surface area contributed by atoms with Crippen LogP contribution < -0.4 is 0 Å². The molecular weight excluding hydrogens is 350 g/mol. The molecule has 0 N–H and O–H groups in total. The highest BCUT2D eigenvalue weighted by Gasteiger charge is 2.45. The Morgan fingerprint density at radius 3 is 2.54 bits per heavy atom. The largest absolute Gasteiger partial charge is 0.345 e. The van der Waals surface area contributed by atoms with Gasteiger partial charge >= 0.3 is 0 Å². The maximum absolute atomic E-state index is 12.9. The maximum Gasteiger partial charge on any atom is 0.255 e. The number of aryl methyl sites for hydroxylation is 1. The molecule has 2 aromatic rings. The van der Waals surface area contributed by atoms with Gasteiger partial charge in [0.15, 0.2) is 0 Å². The van der Waals surface area contributed by atoms with E-state index in [0.29, 0.717) is 5.56 Å². The second-order valence-corrected chi connectivity index (χ2v) is 8.34. The van der Waals surface area contributed by atoms with E-state index in [4.69, 9.17) is 0 Å². The number of benzene rings is 1. The number of nitrogens with zero attached hydrogens (tertiary/aromatic N) is 3. The van der Waals surface area contributed by atoms with Crippen molar-refractivity contribution in [1.82, 2.24) is 14.8 Å². The summed E-state index contributed by atoms with van der Waals surface area (Å²) in [5.74, 6) is 0.199. The molecule has 1 unspecified atom stereocenters. The van der Waals surface area contributed by atoms with Crippen LogP contribution in [0.25, 0.3) is 0 Å². The summed E-state index contributed by atoms with van der Waals surface area (Å²) < 4.78 is 0. The molecule has 1 spiro atoms. The van der Waals surface area contributed by atoms with Gasteiger partial charge in [-0.05, 0) is 48.8 Å².